The standard InChI is InChI=1S/C29H25F5N6O2S/c1-18(2)23-5-3-4-6-24(23)40-25(41)16-43-27(40)37-36-15-19-7-9-20(10-8-19)26-35-17-39(38-26)21-11-13-22(14-12-21)42-29(33,34)28(30,31)32/h3-14,17-18,36H,15-16H2,1-2H3/b37-27-. The van der Waals surface area contributed by atoms with E-state index in [0.717, 1.165) is 28.9 Å². The van der Waals surface area contributed by atoms with E-state index >= 15 is 0 Å². The van der Waals surface area contributed by atoms with Crippen LogP contribution in [0.1, 0.15) is 30.9 Å². The van der Waals surface area contributed by atoms with Crippen molar-refractivity contribution in [2.75, 3.05) is 10.7 Å². The molecule has 1 amide bonds. The number of amidine groups is 1. The number of nitrogens with one attached hydrogen (secondary N) is 1. The molecular weight excluding hydrogens is 591 g/mol. The van der Waals surface area contributed by atoms with Crippen LogP contribution in [0.5, 0.6) is 5.75 Å². The van der Waals surface area contributed by atoms with Crippen LogP contribution in [-0.4, -0.2) is 43.9 Å². The number of para-hydroxylation sites is 1. The number of hydrogen-bond acceptors (Lipinski definition) is 7. The Morgan fingerprint density at radius 1 is 1.00 bits per heavy atom. The lowest BCUT2D eigenvalue weighted by Gasteiger charge is -2.21. The Kier molecular flexibility index (Phi) is 8.40. The number of rotatable bonds is 9. The lowest BCUT2D eigenvalue weighted by molar-refractivity contribution is -0.360. The highest BCUT2D eigenvalue weighted by atomic mass is 32.2. The first-order valence-corrected chi connectivity index (χ1v) is 14.0. The van der Waals surface area contributed by atoms with Crippen molar-refractivity contribution < 1.29 is 31.5 Å². The van der Waals surface area contributed by atoms with E-state index in [2.05, 4.69) is 39.2 Å². The molecule has 1 aliphatic heterocycles. The van der Waals surface area contributed by atoms with Gasteiger partial charge in [0, 0.05) is 5.56 Å². The summed E-state index contributed by atoms with van der Waals surface area (Å²) >= 11 is 1.37. The number of alkyl halides is 5. The Hall–Kier alpha value is -4.46. The number of carbonyl (C=O) groups is 1. The third-order valence-corrected chi connectivity index (χ3v) is 7.33. The highest BCUT2D eigenvalue weighted by molar-refractivity contribution is 8.15. The summed E-state index contributed by atoms with van der Waals surface area (Å²) in [7, 11) is 0. The molecule has 0 radical (unpaired) electrons. The van der Waals surface area contributed by atoms with Crippen LogP contribution in [0.2, 0.25) is 0 Å². The second-order valence-corrected chi connectivity index (χ2v) is 10.7. The van der Waals surface area contributed by atoms with E-state index in [9.17, 15) is 26.7 Å². The van der Waals surface area contributed by atoms with Gasteiger partial charge in [-0.15, -0.1) is 5.10 Å². The van der Waals surface area contributed by atoms with Gasteiger partial charge < -0.3 is 10.2 Å². The average molecular weight is 617 g/mol. The van der Waals surface area contributed by atoms with Gasteiger partial charge in [0.25, 0.3) is 0 Å². The van der Waals surface area contributed by atoms with Crippen molar-refractivity contribution in [2.45, 2.75) is 38.6 Å². The first-order chi connectivity index (χ1) is 20.4. The van der Waals surface area contributed by atoms with Crippen LogP contribution in [0.3, 0.4) is 0 Å². The second kappa shape index (κ2) is 12.0. The van der Waals surface area contributed by atoms with E-state index in [1.165, 1.54) is 34.9 Å². The average Bonchev–Trinajstić information content (AvgIpc) is 3.60. The van der Waals surface area contributed by atoms with E-state index in [-0.39, 0.29) is 11.8 Å². The number of aromatic nitrogens is 3. The Labute approximate surface area is 247 Å². The van der Waals surface area contributed by atoms with Gasteiger partial charge in [-0.3, -0.25) is 9.69 Å². The summed E-state index contributed by atoms with van der Waals surface area (Å²) < 4.78 is 68.6. The Morgan fingerprint density at radius 3 is 2.37 bits per heavy atom. The Bertz CT molecular complexity index is 1620. The lowest BCUT2D eigenvalue weighted by Crippen LogP contribution is -2.41. The van der Waals surface area contributed by atoms with Crippen LogP contribution in [0.15, 0.2) is 84.2 Å². The summed E-state index contributed by atoms with van der Waals surface area (Å²) in [5.74, 6) is 0.261. The van der Waals surface area contributed by atoms with E-state index < -0.39 is 18.0 Å². The maximum absolute atomic E-state index is 13.1. The predicted octanol–water partition coefficient (Wildman–Crippen LogP) is 6.73. The first-order valence-electron chi connectivity index (χ1n) is 13.0. The molecule has 1 N–H and O–H groups in total. The molecule has 4 aromatic rings. The van der Waals surface area contributed by atoms with Crippen LogP contribution >= 0.6 is 11.8 Å². The van der Waals surface area contributed by atoms with Crippen molar-refractivity contribution in [3.8, 4) is 22.8 Å². The molecule has 14 heteroatoms. The summed E-state index contributed by atoms with van der Waals surface area (Å²) in [6.45, 7) is 4.56. The van der Waals surface area contributed by atoms with Crippen molar-refractivity contribution in [3.05, 3.63) is 90.3 Å². The molecule has 1 aromatic heterocycles. The highest BCUT2D eigenvalue weighted by Gasteiger charge is 2.61. The number of hydrazone groups is 1. The number of anilines is 1. The quantitative estimate of drug-likeness (QED) is 0.166. The molecule has 0 unspecified atom stereocenters. The molecule has 0 saturated carbocycles. The molecule has 5 rings (SSSR count). The summed E-state index contributed by atoms with van der Waals surface area (Å²) in [5.41, 5.74) is 6.94. The van der Waals surface area contributed by atoms with E-state index in [4.69, 9.17) is 0 Å². The third kappa shape index (κ3) is 6.63. The van der Waals surface area contributed by atoms with Gasteiger partial charge in [0.1, 0.15) is 12.1 Å². The summed E-state index contributed by atoms with van der Waals surface area (Å²) in [6, 6.07) is 19.7. The molecule has 0 bridgehead atoms. The zero-order valence-corrected chi connectivity index (χ0v) is 23.7. The Morgan fingerprint density at radius 2 is 1.70 bits per heavy atom. The minimum absolute atomic E-state index is 0.0257. The van der Waals surface area contributed by atoms with Crippen molar-refractivity contribution in [2.24, 2.45) is 5.10 Å². The molecule has 0 aliphatic carbocycles. The molecule has 1 aliphatic rings. The molecule has 1 saturated heterocycles. The minimum atomic E-state index is -5.83. The van der Waals surface area contributed by atoms with Gasteiger partial charge in [-0.25, -0.2) is 9.67 Å². The number of halogens is 5. The molecule has 43 heavy (non-hydrogen) atoms. The molecule has 0 spiro atoms. The van der Waals surface area contributed by atoms with Crippen molar-refractivity contribution in [3.63, 3.8) is 0 Å². The molecular formula is C29H25F5N6O2S. The van der Waals surface area contributed by atoms with E-state index in [0.29, 0.717) is 34.5 Å². The second-order valence-electron chi connectivity index (χ2n) is 9.78. The molecule has 0 atom stereocenters. The largest absolute Gasteiger partial charge is 0.499 e. The topological polar surface area (TPSA) is 84.6 Å². The van der Waals surface area contributed by atoms with Crippen LogP contribution in [0.4, 0.5) is 27.6 Å². The fraction of sp³-hybridized carbons (Fsp3) is 0.241. The van der Waals surface area contributed by atoms with Gasteiger partial charge in [-0.2, -0.15) is 27.1 Å². The third-order valence-electron chi connectivity index (χ3n) is 6.40. The number of nitrogens with zero attached hydrogens (tertiary/aromatic N) is 5. The monoisotopic (exact) mass is 616 g/mol. The first kappa shape index (κ1) is 30.0. The molecule has 8 nitrogen and oxygen atoms in total. The van der Waals surface area contributed by atoms with E-state index in [1.807, 2.05) is 48.5 Å². The zero-order valence-electron chi connectivity index (χ0n) is 22.8. The van der Waals surface area contributed by atoms with Crippen LogP contribution in [-0.2, 0) is 11.3 Å². The van der Waals surface area contributed by atoms with Gasteiger partial charge in [0.2, 0.25) is 5.91 Å². The summed E-state index contributed by atoms with van der Waals surface area (Å²) in [4.78, 5) is 18.6. The number of benzene rings is 3. The molecule has 2 heterocycles. The van der Waals surface area contributed by atoms with Gasteiger partial charge >= 0.3 is 12.3 Å². The molecule has 1 fully saturated rings. The molecule has 224 valence electrons. The van der Waals surface area contributed by atoms with Gasteiger partial charge in [-0.05, 0) is 47.4 Å². The lowest BCUT2D eigenvalue weighted by atomic mass is 10.0. The fourth-order valence-corrected chi connectivity index (χ4v) is 5.06. The number of hydrogen-bond donors (Lipinski definition) is 1. The SMILES string of the molecule is CC(C)c1ccccc1N1C(=O)CS/C1=N\NCc1ccc(-c2ncn(-c3ccc(OC(F)(F)C(F)(F)F)cc3)n2)cc1. The minimum Gasteiger partial charge on any atom is -0.426 e. The predicted molar refractivity (Wildman–Crippen MR) is 153 cm³/mol. The van der Waals surface area contributed by atoms with Crippen LogP contribution in [0.25, 0.3) is 17.1 Å². The van der Waals surface area contributed by atoms with Crippen LogP contribution < -0.4 is 15.1 Å². The Balaban J connectivity index is 1.22. The smallest absolute Gasteiger partial charge is 0.426 e. The van der Waals surface area contributed by atoms with Gasteiger partial charge in [-0.1, -0.05) is 68.1 Å². The number of carbonyl (C=O) groups excluding carboxylic acids is 1. The zero-order chi connectivity index (χ0) is 30.8. The highest BCUT2D eigenvalue weighted by Crippen LogP contribution is 2.37. The molecule has 3 aromatic carbocycles. The fourth-order valence-electron chi connectivity index (χ4n) is 4.22. The van der Waals surface area contributed by atoms with Crippen molar-refractivity contribution >= 4 is 28.5 Å². The summed E-state index contributed by atoms with van der Waals surface area (Å²) in [5, 5.41) is 9.43. The van der Waals surface area contributed by atoms with Crippen molar-refractivity contribution in [1.29, 1.82) is 0 Å². The maximum Gasteiger partial charge on any atom is 0.499 e. The van der Waals surface area contributed by atoms with Crippen LogP contribution in [0, 0.1) is 0 Å². The normalized spacial score (nSPS) is 15.0. The maximum atomic E-state index is 13.1. The van der Waals surface area contributed by atoms with Gasteiger partial charge in [0.15, 0.2) is 11.0 Å². The van der Waals surface area contributed by atoms with Crippen molar-refractivity contribution in [1.82, 2.24) is 20.2 Å². The number of thioether (sulfide) groups is 1. The van der Waals surface area contributed by atoms with E-state index in [1.54, 1.807) is 4.90 Å². The summed E-state index contributed by atoms with van der Waals surface area (Å²) in [6.07, 6.45) is -9.74. The number of ether oxygens (including phenoxy) is 1. The van der Waals surface area contributed by atoms with Gasteiger partial charge in [0.05, 0.1) is 23.7 Å². The number of amides is 1.